The molecule has 2 rings (SSSR count). The van der Waals surface area contributed by atoms with E-state index in [2.05, 4.69) is 31.1 Å². The summed E-state index contributed by atoms with van der Waals surface area (Å²) in [7, 11) is 1.64. The normalized spacial score (nSPS) is 12.0. The summed E-state index contributed by atoms with van der Waals surface area (Å²) in [6.45, 7) is 6.95. The molecule has 1 aromatic carbocycles. The Morgan fingerprint density at radius 2 is 2.12 bits per heavy atom. The second-order valence-corrected chi connectivity index (χ2v) is 5.04. The van der Waals surface area contributed by atoms with Gasteiger partial charge < -0.3 is 14.5 Å². The fourth-order valence-electron chi connectivity index (χ4n) is 1.50. The van der Waals surface area contributed by atoms with Gasteiger partial charge >= 0.3 is 0 Å². The number of hydrogen-bond donors (Lipinski definition) is 1. The number of nitrogens with zero attached hydrogens (tertiary/aromatic N) is 1. The van der Waals surface area contributed by atoms with E-state index in [0.29, 0.717) is 12.4 Å². The Hall–Kier alpha value is -1.55. The molecule has 0 aliphatic heterocycles. The van der Waals surface area contributed by atoms with Crippen molar-refractivity contribution in [1.82, 2.24) is 10.3 Å². The smallest absolute Gasteiger partial charge is 0.209 e. The van der Waals surface area contributed by atoms with Crippen LogP contribution in [0, 0.1) is 0 Å². The number of methoxy groups -OCH3 is 1. The van der Waals surface area contributed by atoms with Gasteiger partial charge in [0.2, 0.25) is 5.89 Å². The minimum absolute atomic E-state index is 0.0539. The third-order valence-electron chi connectivity index (χ3n) is 2.41. The van der Waals surface area contributed by atoms with E-state index >= 15 is 0 Å². The lowest BCUT2D eigenvalue weighted by molar-refractivity contribution is 0.388. The molecule has 0 amide bonds. The summed E-state index contributed by atoms with van der Waals surface area (Å²) in [5.74, 6) is 1.49. The van der Waals surface area contributed by atoms with E-state index < -0.39 is 0 Å². The van der Waals surface area contributed by atoms with E-state index in [0.717, 1.165) is 16.8 Å². The molecular weight excluding hydrogens is 216 g/mol. The molecule has 0 aliphatic carbocycles. The topological polar surface area (TPSA) is 47.3 Å². The third-order valence-corrected chi connectivity index (χ3v) is 2.41. The second kappa shape index (κ2) is 4.37. The molecule has 92 valence electrons. The van der Waals surface area contributed by atoms with Gasteiger partial charge in [0.15, 0.2) is 5.58 Å². The Labute approximate surface area is 101 Å². The van der Waals surface area contributed by atoms with Gasteiger partial charge in [0.25, 0.3) is 0 Å². The van der Waals surface area contributed by atoms with Crippen molar-refractivity contribution in [1.29, 1.82) is 0 Å². The Morgan fingerprint density at radius 1 is 1.35 bits per heavy atom. The fourth-order valence-corrected chi connectivity index (χ4v) is 1.50. The maximum absolute atomic E-state index is 5.63. The van der Waals surface area contributed by atoms with Gasteiger partial charge in [0.1, 0.15) is 11.3 Å². The summed E-state index contributed by atoms with van der Waals surface area (Å²) in [5.41, 5.74) is 1.67. The number of fused-ring (bicyclic) bond motifs is 1. The van der Waals surface area contributed by atoms with Crippen molar-refractivity contribution in [2.75, 3.05) is 7.11 Å². The summed E-state index contributed by atoms with van der Waals surface area (Å²) < 4.78 is 10.8. The van der Waals surface area contributed by atoms with Crippen molar-refractivity contribution < 1.29 is 9.15 Å². The van der Waals surface area contributed by atoms with E-state index in [-0.39, 0.29) is 5.54 Å². The lowest BCUT2D eigenvalue weighted by Gasteiger charge is -2.18. The van der Waals surface area contributed by atoms with Crippen molar-refractivity contribution in [3.05, 3.63) is 24.1 Å². The predicted molar refractivity (Wildman–Crippen MR) is 67.2 cm³/mol. The third kappa shape index (κ3) is 2.97. The number of benzene rings is 1. The molecule has 1 N–H and O–H groups in total. The van der Waals surface area contributed by atoms with Crippen LogP contribution >= 0.6 is 0 Å². The zero-order chi connectivity index (χ0) is 12.5. The van der Waals surface area contributed by atoms with Gasteiger partial charge in [-0.25, -0.2) is 4.98 Å². The van der Waals surface area contributed by atoms with Crippen molar-refractivity contribution in [3.8, 4) is 5.75 Å². The maximum atomic E-state index is 5.63. The molecule has 1 aromatic heterocycles. The number of oxazole rings is 1. The summed E-state index contributed by atoms with van der Waals surface area (Å²) in [6, 6.07) is 5.62. The van der Waals surface area contributed by atoms with Gasteiger partial charge in [-0.05, 0) is 32.9 Å². The molecule has 0 atom stereocenters. The van der Waals surface area contributed by atoms with E-state index in [9.17, 15) is 0 Å². The molecule has 0 fully saturated rings. The van der Waals surface area contributed by atoms with Gasteiger partial charge in [0, 0.05) is 11.6 Å². The molecule has 4 heteroatoms. The van der Waals surface area contributed by atoms with Crippen LogP contribution < -0.4 is 10.1 Å². The number of aromatic nitrogens is 1. The molecule has 0 saturated carbocycles. The van der Waals surface area contributed by atoms with Gasteiger partial charge in [0.05, 0.1) is 13.7 Å². The Bertz CT molecular complexity index is 512. The highest BCUT2D eigenvalue weighted by atomic mass is 16.5. The molecule has 0 saturated heterocycles. The van der Waals surface area contributed by atoms with Crippen LogP contribution in [0.2, 0.25) is 0 Å². The van der Waals surface area contributed by atoms with Crippen LogP contribution in [0.5, 0.6) is 5.75 Å². The average Bonchev–Trinajstić information content (AvgIpc) is 2.66. The average molecular weight is 234 g/mol. The molecule has 4 nitrogen and oxygen atoms in total. The van der Waals surface area contributed by atoms with Crippen LogP contribution in [0.4, 0.5) is 0 Å². The lowest BCUT2D eigenvalue weighted by atomic mass is 10.1. The molecule has 1 heterocycles. The summed E-state index contributed by atoms with van der Waals surface area (Å²) in [5, 5.41) is 3.34. The summed E-state index contributed by atoms with van der Waals surface area (Å²) in [6.07, 6.45) is 0. The van der Waals surface area contributed by atoms with Crippen molar-refractivity contribution in [2.24, 2.45) is 0 Å². The first kappa shape index (κ1) is 11.9. The molecule has 0 unspecified atom stereocenters. The van der Waals surface area contributed by atoms with Crippen LogP contribution in [-0.2, 0) is 6.54 Å². The first-order valence-corrected chi connectivity index (χ1v) is 5.66. The van der Waals surface area contributed by atoms with E-state index in [1.165, 1.54) is 0 Å². The van der Waals surface area contributed by atoms with Crippen LogP contribution in [0.1, 0.15) is 26.7 Å². The highest BCUT2D eigenvalue weighted by Crippen LogP contribution is 2.21. The standard InChI is InChI=1S/C13H18N2O2/c1-13(2,3)14-8-12-15-10-7-9(16-4)5-6-11(10)17-12/h5-7,14H,8H2,1-4H3. The van der Waals surface area contributed by atoms with Crippen LogP contribution in [0.25, 0.3) is 11.1 Å². The maximum Gasteiger partial charge on any atom is 0.209 e. The Balaban J connectivity index is 2.20. The van der Waals surface area contributed by atoms with E-state index in [1.807, 2.05) is 18.2 Å². The fraction of sp³-hybridized carbons (Fsp3) is 0.462. The molecule has 0 spiro atoms. The first-order chi connectivity index (χ1) is 7.98. The Morgan fingerprint density at radius 3 is 2.76 bits per heavy atom. The minimum Gasteiger partial charge on any atom is -0.497 e. The van der Waals surface area contributed by atoms with Crippen LogP contribution in [0.3, 0.4) is 0 Å². The molecule has 2 aromatic rings. The highest BCUT2D eigenvalue weighted by Gasteiger charge is 2.12. The predicted octanol–water partition coefficient (Wildman–Crippen LogP) is 2.72. The van der Waals surface area contributed by atoms with Crippen molar-refractivity contribution >= 4 is 11.1 Å². The van der Waals surface area contributed by atoms with Gasteiger partial charge in [-0.1, -0.05) is 0 Å². The van der Waals surface area contributed by atoms with Gasteiger partial charge in [-0.2, -0.15) is 0 Å². The number of hydrogen-bond acceptors (Lipinski definition) is 4. The zero-order valence-electron chi connectivity index (χ0n) is 10.7. The molecule has 17 heavy (non-hydrogen) atoms. The summed E-state index contributed by atoms with van der Waals surface area (Å²) >= 11 is 0. The van der Waals surface area contributed by atoms with Crippen LogP contribution in [0.15, 0.2) is 22.6 Å². The monoisotopic (exact) mass is 234 g/mol. The van der Waals surface area contributed by atoms with Gasteiger partial charge in [-0.3, -0.25) is 0 Å². The van der Waals surface area contributed by atoms with E-state index in [1.54, 1.807) is 7.11 Å². The highest BCUT2D eigenvalue weighted by molar-refractivity contribution is 5.74. The molecule has 0 bridgehead atoms. The SMILES string of the molecule is COc1ccc2oc(CNC(C)(C)C)nc2c1. The first-order valence-electron chi connectivity index (χ1n) is 5.66. The molecular formula is C13H18N2O2. The lowest BCUT2D eigenvalue weighted by Crippen LogP contribution is -2.35. The Kier molecular flexibility index (Phi) is 3.07. The summed E-state index contributed by atoms with van der Waals surface area (Å²) in [4.78, 5) is 4.42. The molecule has 0 aliphatic rings. The number of rotatable bonds is 3. The van der Waals surface area contributed by atoms with Crippen molar-refractivity contribution in [3.63, 3.8) is 0 Å². The van der Waals surface area contributed by atoms with Crippen molar-refractivity contribution in [2.45, 2.75) is 32.9 Å². The quantitative estimate of drug-likeness (QED) is 0.887. The number of nitrogens with one attached hydrogen (secondary N) is 1. The zero-order valence-corrected chi connectivity index (χ0v) is 10.7. The van der Waals surface area contributed by atoms with Crippen LogP contribution in [-0.4, -0.2) is 17.6 Å². The number of ether oxygens (including phenoxy) is 1. The molecule has 0 radical (unpaired) electrons. The second-order valence-electron chi connectivity index (χ2n) is 5.04. The van der Waals surface area contributed by atoms with Gasteiger partial charge in [-0.15, -0.1) is 0 Å². The van der Waals surface area contributed by atoms with E-state index in [4.69, 9.17) is 9.15 Å². The largest absolute Gasteiger partial charge is 0.497 e. The minimum atomic E-state index is 0.0539.